The van der Waals surface area contributed by atoms with Crippen LogP contribution >= 0.6 is 27.5 Å². The summed E-state index contributed by atoms with van der Waals surface area (Å²) in [6.07, 6.45) is 0.504. The summed E-state index contributed by atoms with van der Waals surface area (Å²) in [7, 11) is -3.69. The van der Waals surface area contributed by atoms with Crippen LogP contribution in [0.5, 0.6) is 0 Å². The SMILES string of the molecule is CC[C@H](CO)NS(=O)(=O)c1ccc(Br)cc1Cl. The van der Waals surface area contributed by atoms with Crippen molar-refractivity contribution in [1.29, 1.82) is 0 Å². The van der Waals surface area contributed by atoms with E-state index in [0.717, 1.165) is 0 Å². The Morgan fingerprint density at radius 1 is 1.53 bits per heavy atom. The van der Waals surface area contributed by atoms with Gasteiger partial charge in [0.05, 0.1) is 11.6 Å². The van der Waals surface area contributed by atoms with Crippen molar-refractivity contribution in [1.82, 2.24) is 4.72 Å². The van der Waals surface area contributed by atoms with Gasteiger partial charge in [-0.2, -0.15) is 0 Å². The zero-order valence-corrected chi connectivity index (χ0v) is 12.3. The topological polar surface area (TPSA) is 66.4 Å². The van der Waals surface area contributed by atoms with Gasteiger partial charge >= 0.3 is 0 Å². The highest BCUT2D eigenvalue weighted by Gasteiger charge is 2.21. The average molecular weight is 343 g/mol. The van der Waals surface area contributed by atoms with E-state index in [9.17, 15) is 8.42 Å². The Morgan fingerprint density at radius 2 is 2.18 bits per heavy atom. The van der Waals surface area contributed by atoms with Crippen LogP contribution in [0.1, 0.15) is 13.3 Å². The molecule has 0 aromatic heterocycles. The molecule has 0 aliphatic heterocycles. The second-order valence-corrected chi connectivity index (χ2v) is 6.49. The lowest BCUT2D eigenvalue weighted by Crippen LogP contribution is -2.37. The van der Waals surface area contributed by atoms with E-state index < -0.39 is 16.1 Å². The van der Waals surface area contributed by atoms with E-state index in [1.165, 1.54) is 12.1 Å². The summed E-state index contributed by atoms with van der Waals surface area (Å²) in [5.74, 6) is 0. The van der Waals surface area contributed by atoms with Gasteiger partial charge < -0.3 is 5.11 Å². The van der Waals surface area contributed by atoms with Gasteiger partial charge in [-0.05, 0) is 24.6 Å². The third kappa shape index (κ3) is 3.93. The molecule has 0 bridgehead atoms. The number of halogens is 2. The van der Waals surface area contributed by atoms with E-state index in [1.807, 2.05) is 0 Å². The first-order chi connectivity index (χ1) is 7.90. The maximum absolute atomic E-state index is 12.0. The Kier molecular flexibility index (Phi) is 5.40. The fourth-order valence-corrected chi connectivity index (χ4v) is 3.57. The van der Waals surface area contributed by atoms with Crippen LogP contribution in [0, 0.1) is 0 Å². The van der Waals surface area contributed by atoms with Crippen molar-refractivity contribution in [3.05, 3.63) is 27.7 Å². The first-order valence-electron chi connectivity index (χ1n) is 4.99. The molecule has 1 atom stereocenters. The highest BCUT2D eigenvalue weighted by Crippen LogP contribution is 2.25. The van der Waals surface area contributed by atoms with Crippen molar-refractivity contribution < 1.29 is 13.5 Å². The average Bonchev–Trinajstić information content (AvgIpc) is 2.25. The summed E-state index contributed by atoms with van der Waals surface area (Å²) in [4.78, 5) is 0.00858. The van der Waals surface area contributed by atoms with E-state index >= 15 is 0 Å². The lowest BCUT2D eigenvalue weighted by atomic mass is 10.3. The number of nitrogens with one attached hydrogen (secondary N) is 1. The maximum atomic E-state index is 12.0. The molecule has 1 rings (SSSR count). The predicted molar refractivity (Wildman–Crippen MR) is 70.6 cm³/mol. The minimum atomic E-state index is -3.69. The summed E-state index contributed by atoms with van der Waals surface area (Å²) in [5, 5.41) is 9.12. The van der Waals surface area contributed by atoms with Crippen LogP contribution in [-0.2, 0) is 10.0 Å². The number of aliphatic hydroxyl groups is 1. The summed E-state index contributed by atoms with van der Waals surface area (Å²) in [6, 6.07) is 4.02. The highest BCUT2D eigenvalue weighted by molar-refractivity contribution is 9.10. The standard InChI is InChI=1S/C10H13BrClNO3S/c1-2-8(6-14)13-17(15,16)10-4-3-7(11)5-9(10)12/h3-5,8,13-14H,2,6H2,1H3/t8-/m1/s1. The van der Waals surface area contributed by atoms with Crippen molar-refractivity contribution >= 4 is 37.6 Å². The van der Waals surface area contributed by atoms with Crippen molar-refractivity contribution in [2.24, 2.45) is 0 Å². The van der Waals surface area contributed by atoms with Gasteiger partial charge in [0.15, 0.2) is 0 Å². The second-order valence-electron chi connectivity index (χ2n) is 3.48. The number of benzene rings is 1. The highest BCUT2D eigenvalue weighted by atomic mass is 79.9. The molecular formula is C10H13BrClNO3S. The fourth-order valence-electron chi connectivity index (χ4n) is 1.23. The van der Waals surface area contributed by atoms with Gasteiger partial charge in [0.25, 0.3) is 0 Å². The largest absolute Gasteiger partial charge is 0.395 e. The number of sulfonamides is 1. The van der Waals surface area contributed by atoms with Gasteiger partial charge in [-0.15, -0.1) is 0 Å². The van der Waals surface area contributed by atoms with Gasteiger partial charge in [0.1, 0.15) is 4.90 Å². The Labute approximate surface area is 114 Å². The van der Waals surface area contributed by atoms with Gasteiger partial charge in [0.2, 0.25) is 10.0 Å². The maximum Gasteiger partial charge on any atom is 0.242 e. The molecule has 4 nitrogen and oxygen atoms in total. The molecule has 1 aromatic carbocycles. The smallest absolute Gasteiger partial charge is 0.242 e. The molecule has 96 valence electrons. The normalized spacial score (nSPS) is 13.6. The number of rotatable bonds is 5. The van der Waals surface area contributed by atoms with E-state index in [4.69, 9.17) is 16.7 Å². The third-order valence-corrected chi connectivity index (χ3v) is 4.72. The van der Waals surface area contributed by atoms with Crippen LogP contribution in [0.25, 0.3) is 0 Å². The van der Waals surface area contributed by atoms with Gasteiger partial charge in [0, 0.05) is 10.5 Å². The molecule has 0 heterocycles. The second kappa shape index (κ2) is 6.15. The molecule has 0 fully saturated rings. The summed E-state index contributed by atoms with van der Waals surface area (Å²) in [5.41, 5.74) is 0. The summed E-state index contributed by atoms with van der Waals surface area (Å²) >= 11 is 9.07. The molecule has 0 aliphatic rings. The van der Waals surface area contributed by atoms with Gasteiger partial charge in [-0.1, -0.05) is 34.5 Å². The molecule has 0 radical (unpaired) electrons. The van der Waals surface area contributed by atoms with Crippen LogP contribution in [-0.4, -0.2) is 26.2 Å². The van der Waals surface area contributed by atoms with Crippen molar-refractivity contribution in [3.63, 3.8) is 0 Å². The number of aliphatic hydroxyl groups excluding tert-OH is 1. The zero-order valence-electron chi connectivity index (χ0n) is 9.15. The van der Waals surface area contributed by atoms with E-state index in [0.29, 0.717) is 10.9 Å². The molecular weight excluding hydrogens is 330 g/mol. The monoisotopic (exact) mass is 341 g/mol. The molecule has 0 spiro atoms. The first-order valence-corrected chi connectivity index (χ1v) is 7.64. The molecule has 0 saturated heterocycles. The molecule has 0 saturated carbocycles. The van der Waals surface area contributed by atoms with E-state index in [1.54, 1.807) is 13.0 Å². The molecule has 1 aromatic rings. The van der Waals surface area contributed by atoms with Gasteiger partial charge in [-0.3, -0.25) is 0 Å². The van der Waals surface area contributed by atoms with Crippen LogP contribution in [0.15, 0.2) is 27.6 Å². The Hall–Kier alpha value is -0.140. The molecule has 0 amide bonds. The Bertz CT molecular complexity index is 488. The van der Waals surface area contributed by atoms with Crippen LogP contribution < -0.4 is 4.72 Å². The van der Waals surface area contributed by atoms with Crippen LogP contribution in [0.4, 0.5) is 0 Å². The molecule has 17 heavy (non-hydrogen) atoms. The Balaban J connectivity index is 3.05. The lowest BCUT2D eigenvalue weighted by Gasteiger charge is -2.15. The number of hydrogen-bond donors (Lipinski definition) is 2. The molecule has 0 unspecified atom stereocenters. The minimum Gasteiger partial charge on any atom is -0.395 e. The summed E-state index contributed by atoms with van der Waals surface area (Å²) in [6.45, 7) is 1.54. The van der Waals surface area contributed by atoms with Gasteiger partial charge in [-0.25, -0.2) is 13.1 Å². The van der Waals surface area contributed by atoms with Crippen LogP contribution in [0.3, 0.4) is 0 Å². The fraction of sp³-hybridized carbons (Fsp3) is 0.400. The first kappa shape index (κ1) is 14.9. The Morgan fingerprint density at radius 3 is 2.65 bits per heavy atom. The quantitative estimate of drug-likeness (QED) is 0.861. The zero-order chi connectivity index (χ0) is 13.1. The van der Waals surface area contributed by atoms with Crippen molar-refractivity contribution in [2.75, 3.05) is 6.61 Å². The number of hydrogen-bond acceptors (Lipinski definition) is 3. The van der Waals surface area contributed by atoms with Crippen molar-refractivity contribution in [2.45, 2.75) is 24.3 Å². The molecule has 7 heteroatoms. The molecule has 2 N–H and O–H groups in total. The van der Waals surface area contributed by atoms with Crippen LogP contribution in [0.2, 0.25) is 5.02 Å². The minimum absolute atomic E-state index is 0.00858. The lowest BCUT2D eigenvalue weighted by molar-refractivity contribution is 0.254. The van der Waals surface area contributed by atoms with Crippen molar-refractivity contribution in [3.8, 4) is 0 Å². The molecule has 0 aliphatic carbocycles. The summed E-state index contributed by atoms with van der Waals surface area (Å²) < 4.78 is 27.0. The van der Waals surface area contributed by atoms with E-state index in [-0.39, 0.29) is 16.5 Å². The third-order valence-electron chi connectivity index (χ3n) is 2.22. The predicted octanol–water partition coefficient (Wildman–Crippen LogP) is 2.15. The van der Waals surface area contributed by atoms with E-state index in [2.05, 4.69) is 20.7 Å².